The molecule has 4 rings (SSSR count). The standard InChI is InChI=1S/C16H26N4OS/c21-16(8-2-1-3-9-16)12-22-15-18-17-14(19-10-4-5-11-19)20(15)13-6-7-13/h13,21H,1-12H2. The van der Waals surface area contributed by atoms with Crippen molar-refractivity contribution in [3.63, 3.8) is 0 Å². The zero-order valence-corrected chi connectivity index (χ0v) is 14.0. The van der Waals surface area contributed by atoms with E-state index in [2.05, 4.69) is 19.7 Å². The number of thioether (sulfide) groups is 1. The lowest BCUT2D eigenvalue weighted by Gasteiger charge is -2.31. The third-order valence-corrected chi connectivity index (χ3v) is 6.42. The first kappa shape index (κ1) is 14.8. The van der Waals surface area contributed by atoms with Crippen molar-refractivity contribution in [2.45, 2.75) is 74.6 Å². The lowest BCUT2D eigenvalue weighted by atomic mass is 9.86. The summed E-state index contributed by atoms with van der Waals surface area (Å²) in [4.78, 5) is 2.38. The van der Waals surface area contributed by atoms with E-state index in [-0.39, 0.29) is 0 Å². The molecule has 2 aliphatic carbocycles. The molecule has 22 heavy (non-hydrogen) atoms. The molecule has 1 aromatic heterocycles. The van der Waals surface area contributed by atoms with Crippen molar-refractivity contribution in [1.82, 2.24) is 14.8 Å². The molecule has 0 spiro atoms. The first-order chi connectivity index (χ1) is 10.8. The predicted octanol–water partition coefficient (Wildman–Crippen LogP) is 3.00. The summed E-state index contributed by atoms with van der Waals surface area (Å²) in [5.74, 6) is 1.83. The van der Waals surface area contributed by atoms with Gasteiger partial charge in [0.1, 0.15) is 0 Å². The van der Waals surface area contributed by atoms with Gasteiger partial charge in [-0.25, -0.2) is 0 Å². The summed E-state index contributed by atoms with van der Waals surface area (Å²) >= 11 is 1.71. The lowest BCUT2D eigenvalue weighted by Crippen LogP contribution is -2.34. The molecule has 5 nitrogen and oxygen atoms in total. The smallest absolute Gasteiger partial charge is 0.228 e. The first-order valence-corrected chi connectivity index (χ1v) is 9.79. The normalized spacial score (nSPS) is 24.9. The molecule has 122 valence electrons. The van der Waals surface area contributed by atoms with E-state index in [0.29, 0.717) is 6.04 Å². The number of hydrogen-bond donors (Lipinski definition) is 1. The summed E-state index contributed by atoms with van der Waals surface area (Å²) in [5, 5.41) is 20.7. The summed E-state index contributed by atoms with van der Waals surface area (Å²) < 4.78 is 2.35. The maximum atomic E-state index is 10.7. The van der Waals surface area contributed by atoms with Crippen LogP contribution in [0, 0.1) is 0 Å². The van der Waals surface area contributed by atoms with Crippen LogP contribution < -0.4 is 4.90 Å². The minimum atomic E-state index is -0.489. The highest BCUT2D eigenvalue weighted by atomic mass is 32.2. The molecular weight excluding hydrogens is 296 g/mol. The van der Waals surface area contributed by atoms with Crippen LogP contribution in [0.5, 0.6) is 0 Å². The molecule has 1 aromatic rings. The molecule has 1 N–H and O–H groups in total. The Kier molecular flexibility index (Phi) is 4.07. The average Bonchev–Trinajstić information content (AvgIpc) is 3.06. The Labute approximate surface area is 136 Å². The van der Waals surface area contributed by atoms with Crippen LogP contribution in [0.25, 0.3) is 0 Å². The number of aromatic nitrogens is 3. The Morgan fingerprint density at radius 2 is 1.77 bits per heavy atom. The van der Waals surface area contributed by atoms with Crippen molar-refractivity contribution in [3.05, 3.63) is 0 Å². The minimum absolute atomic E-state index is 0.489. The van der Waals surface area contributed by atoms with E-state index in [9.17, 15) is 5.11 Å². The molecule has 0 aromatic carbocycles. The molecule has 0 unspecified atom stereocenters. The van der Waals surface area contributed by atoms with Gasteiger partial charge in [0.25, 0.3) is 0 Å². The third-order valence-electron chi connectivity index (χ3n) is 5.20. The minimum Gasteiger partial charge on any atom is -0.389 e. The van der Waals surface area contributed by atoms with Crippen LogP contribution in [0.3, 0.4) is 0 Å². The molecular formula is C16H26N4OS. The highest BCUT2D eigenvalue weighted by molar-refractivity contribution is 7.99. The number of hydrogen-bond acceptors (Lipinski definition) is 5. The number of aliphatic hydroxyl groups is 1. The number of nitrogens with zero attached hydrogens (tertiary/aromatic N) is 4. The van der Waals surface area contributed by atoms with E-state index < -0.39 is 5.60 Å². The van der Waals surface area contributed by atoms with E-state index in [4.69, 9.17) is 0 Å². The summed E-state index contributed by atoms with van der Waals surface area (Å²) in [6, 6.07) is 0.592. The summed E-state index contributed by atoms with van der Waals surface area (Å²) in [5.41, 5.74) is -0.489. The Bertz CT molecular complexity index is 516. The Balaban J connectivity index is 1.49. The van der Waals surface area contributed by atoms with Gasteiger partial charge in [-0.3, -0.25) is 4.57 Å². The summed E-state index contributed by atoms with van der Waals surface area (Å²) in [6.45, 7) is 2.22. The van der Waals surface area contributed by atoms with Crippen molar-refractivity contribution >= 4 is 17.7 Å². The molecule has 1 saturated heterocycles. The molecule has 0 atom stereocenters. The van der Waals surface area contributed by atoms with E-state index in [1.807, 2.05) is 0 Å². The molecule has 0 amide bonds. The predicted molar refractivity (Wildman–Crippen MR) is 88.5 cm³/mol. The van der Waals surface area contributed by atoms with Crippen LogP contribution in [0.15, 0.2) is 5.16 Å². The molecule has 1 aliphatic heterocycles. The molecule has 6 heteroatoms. The van der Waals surface area contributed by atoms with E-state index in [1.54, 1.807) is 11.8 Å². The molecule has 3 fully saturated rings. The van der Waals surface area contributed by atoms with Crippen LogP contribution in [0.2, 0.25) is 0 Å². The SMILES string of the molecule is OC1(CSc2nnc(N3CCCC3)n2C2CC2)CCCCC1. The first-order valence-electron chi connectivity index (χ1n) is 8.80. The van der Waals surface area contributed by atoms with E-state index in [1.165, 1.54) is 32.1 Å². The number of anilines is 1. The molecule has 0 radical (unpaired) electrons. The van der Waals surface area contributed by atoms with Crippen LogP contribution in [-0.2, 0) is 0 Å². The zero-order chi connectivity index (χ0) is 15.0. The maximum absolute atomic E-state index is 10.7. The van der Waals surface area contributed by atoms with Crippen LogP contribution in [0.1, 0.15) is 63.8 Å². The molecule has 2 heterocycles. The molecule has 3 aliphatic rings. The maximum Gasteiger partial charge on any atom is 0.228 e. The Hall–Kier alpha value is -0.750. The van der Waals surface area contributed by atoms with E-state index in [0.717, 1.165) is 55.6 Å². The van der Waals surface area contributed by atoms with Gasteiger partial charge in [-0.1, -0.05) is 31.0 Å². The quantitative estimate of drug-likeness (QED) is 0.845. The third kappa shape index (κ3) is 3.00. The second-order valence-electron chi connectivity index (χ2n) is 7.15. The highest BCUT2D eigenvalue weighted by Gasteiger charge is 2.34. The average molecular weight is 322 g/mol. The van der Waals surface area contributed by atoms with Gasteiger partial charge < -0.3 is 10.0 Å². The summed E-state index contributed by atoms with van der Waals surface area (Å²) in [6.07, 6.45) is 10.5. The van der Waals surface area contributed by atoms with Gasteiger partial charge in [0.2, 0.25) is 5.95 Å². The van der Waals surface area contributed by atoms with E-state index >= 15 is 0 Å². The van der Waals surface area contributed by atoms with Gasteiger partial charge in [0.15, 0.2) is 5.16 Å². The van der Waals surface area contributed by atoms with Crippen LogP contribution in [-0.4, -0.2) is 44.3 Å². The fraction of sp³-hybridized carbons (Fsp3) is 0.875. The van der Waals surface area contributed by atoms with Crippen LogP contribution in [0.4, 0.5) is 5.95 Å². The van der Waals surface area contributed by atoms with Crippen molar-refractivity contribution < 1.29 is 5.11 Å². The zero-order valence-electron chi connectivity index (χ0n) is 13.2. The van der Waals surface area contributed by atoms with Gasteiger partial charge in [0, 0.05) is 24.9 Å². The van der Waals surface area contributed by atoms with Gasteiger partial charge in [0.05, 0.1) is 5.60 Å². The second-order valence-corrected chi connectivity index (χ2v) is 8.09. The fourth-order valence-electron chi connectivity index (χ4n) is 3.71. The van der Waals surface area contributed by atoms with Crippen molar-refractivity contribution in [1.29, 1.82) is 0 Å². The van der Waals surface area contributed by atoms with Crippen molar-refractivity contribution in [2.24, 2.45) is 0 Å². The number of rotatable bonds is 5. The van der Waals surface area contributed by atoms with Crippen molar-refractivity contribution in [3.8, 4) is 0 Å². The van der Waals surface area contributed by atoms with Crippen LogP contribution >= 0.6 is 11.8 Å². The van der Waals surface area contributed by atoms with Gasteiger partial charge in [-0.15, -0.1) is 10.2 Å². The molecule has 2 saturated carbocycles. The highest BCUT2D eigenvalue weighted by Crippen LogP contribution is 2.42. The van der Waals surface area contributed by atoms with Gasteiger partial charge in [-0.05, 0) is 38.5 Å². The summed E-state index contributed by atoms with van der Waals surface area (Å²) in [7, 11) is 0. The monoisotopic (exact) mass is 322 g/mol. The van der Waals surface area contributed by atoms with Crippen molar-refractivity contribution in [2.75, 3.05) is 23.7 Å². The Morgan fingerprint density at radius 1 is 1.05 bits per heavy atom. The van der Waals surface area contributed by atoms with Gasteiger partial charge in [-0.2, -0.15) is 0 Å². The lowest BCUT2D eigenvalue weighted by molar-refractivity contribution is 0.0272. The fourth-order valence-corrected chi connectivity index (χ4v) is 4.86. The molecule has 0 bridgehead atoms. The topological polar surface area (TPSA) is 54.2 Å². The van der Waals surface area contributed by atoms with Gasteiger partial charge >= 0.3 is 0 Å². The Morgan fingerprint density at radius 3 is 2.45 bits per heavy atom. The second kappa shape index (κ2) is 6.04. The largest absolute Gasteiger partial charge is 0.389 e.